The Morgan fingerprint density at radius 3 is 1.62 bits per heavy atom. The normalized spacial score (nSPS) is 17.7. The number of carbonyl (C=O) groups excluding carboxylic acids is 1. The van der Waals surface area contributed by atoms with E-state index in [0.29, 0.717) is 0 Å². The number of rotatable bonds is 3. The van der Waals surface area contributed by atoms with Crippen LogP contribution in [0.3, 0.4) is 0 Å². The smallest absolute Gasteiger partial charge is 0.475 e. The lowest BCUT2D eigenvalue weighted by Crippen LogP contribution is -2.50. The molecule has 11 nitrogen and oxygen atoms in total. The van der Waals surface area contributed by atoms with Crippen molar-refractivity contribution in [3.05, 3.63) is 60.2 Å². The molecule has 2 fully saturated rings. The van der Waals surface area contributed by atoms with Crippen LogP contribution in [-0.2, 0) is 25.7 Å². The van der Waals surface area contributed by atoms with Crippen molar-refractivity contribution in [2.24, 2.45) is 0 Å². The first kappa shape index (κ1) is 38.5. The standard InChI is InChI=1S/C19H22N4O.3C2HF3O2/c24-18-17(15-4-9-20-10-5-15)13-19(22-18)6-11-23(12-7-19)14-16-3-1-2-8-21-16;3*3-2(4,5)1(6)7/h1-5,8-10,17H,6-7,11-14H2,(H,22,24);3*(H,6,7). The van der Waals surface area contributed by atoms with E-state index in [0.717, 1.165) is 50.2 Å². The number of likely N-dealkylation sites (tertiary alicyclic amines) is 1. The predicted molar refractivity (Wildman–Crippen MR) is 132 cm³/mol. The van der Waals surface area contributed by atoms with E-state index in [4.69, 9.17) is 29.7 Å². The highest BCUT2D eigenvalue weighted by molar-refractivity contribution is 5.87. The number of piperidine rings is 1. The number of nitrogens with zero attached hydrogens (tertiary/aromatic N) is 3. The van der Waals surface area contributed by atoms with E-state index < -0.39 is 36.4 Å². The molecular weight excluding hydrogens is 639 g/mol. The zero-order valence-electron chi connectivity index (χ0n) is 22.7. The summed E-state index contributed by atoms with van der Waals surface area (Å²) in [5.74, 6) is -8.14. The largest absolute Gasteiger partial charge is 0.490 e. The minimum atomic E-state index is -5.08. The minimum absolute atomic E-state index is 0.0321. The minimum Gasteiger partial charge on any atom is -0.475 e. The van der Waals surface area contributed by atoms with Gasteiger partial charge >= 0.3 is 36.4 Å². The summed E-state index contributed by atoms with van der Waals surface area (Å²) in [6.45, 7) is 2.89. The van der Waals surface area contributed by atoms with Gasteiger partial charge in [-0.25, -0.2) is 14.4 Å². The zero-order chi connectivity index (χ0) is 34.6. The maximum Gasteiger partial charge on any atom is 0.490 e. The number of alkyl halides is 9. The summed E-state index contributed by atoms with van der Waals surface area (Å²) in [7, 11) is 0. The van der Waals surface area contributed by atoms with Crippen molar-refractivity contribution in [2.75, 3.05) is 13.1 Å². The number of aliphatic carboxylic acids is 3. The van der Waals surface area contributed by atoms with Crippen molar-refractivity contribution in [2.45, 2.75) is 55.8 Å². The fraction of sp³-hybridized carbons (Fsp3) is 0.440. The summed E-state index contributed by atoms with van der Waals surface area (Å²) >= 11 is 0. The van der Waals surface area contributed by atoms with Gasteiger partial charge < -0.3 is 20.6 Å². The summed E-state index contributed by atoms with van der Waals surface area (Å²) < 4.78 is 95.2. The maximum atomic E-state index is 12.5. The van der Waals surface area contributed by atoms with E-state index in [1.807, 2.05) is 30.5 Å². The Bertz CT molecular complexity index is 1210. The number of hydrogen-bond donors (Lipinski definition) is 4. The van der Waals surface area contributed by atoms with Crippen LogP contribution in [0.5, 0.6) is 0 Å². The van der Waals surface area contributed by atoms with E-state index in [2.05, 4.69) is 26.3 Å². The summed E-state index contributed by atoms with van der Waals surface area (Å²) in [4.78, 5) is 50.0. The number of nitrogens with one attached hydrogen (secondary N) is 1. The summed E-state index contributed by atoms with van der Waals surface area (Å²) in [5.41, 5.74) is 2.15. The molecule has 2 aromatic rings. The molecule has 20 heteroatoms. The number of hydrogen-bond acceptors (Lipinski definition) is 7. The van der Waals surface area contributed by atoms with Crippen molar-refractivity contribution in [1.29, 1.82) is 0 Å². The van der Waals surface area contributed by atoms with Crippen LogP contribution in [-0.4, -0.2) is 91.2 Å². The Morgan fingerprint density at radius 2 is 1.24 bits per heavy atom. The van der Waals surface area contributed by atoms with Gasteiger partial charge in [-0.3, -0.25) is 19.7 Å². The van der Waals surface area contributed by atoms with Gasteiger partial charge in [0.05, 0.1) is 11.6 Å². The molecule has 1 spiro atoms. The SMILES string of the molecule is O=C(O)C(F)(F)F.O=C(O)C(F)(F)F.O=C(O)C(F)(F)F.O=C1NC2(CCN(Cc3ccccn3)CC2)CC1c1ccncc1. The Balaban J connectivity index is 0.000000396. The van der Waals surface area contributed by atoms with Crippen LogP contribution < -0.4 is 5.32 Å². The first-order valence-electron chi connectivity index (χ1n) is 12.3. The van der Waals surface area contributed by atoms with E-state index in [9.17, 15) is 44.3 Å². The van der Waals surface area contributed by atoms with E-state index in [-0.39, 0.29) is 17.4 Å². The summed E-state index contributed by atoms with van der Waals surface area (Å²) in [6.07, 6.45) is -6.96. The van der Waals surface area contributed by atoms with Crippen LogP contribution in [0, 0.1) is 0 Å². The van der Waals surface area contributed by atoms with E-state index in [1.165, 1.54) is 0 Å². The van der Waals surface area contributed by atoms with Crippen molar-refractivity contribution >= 4 is 23.8 Å². The zero-order valence-corrected chi connectivity index (χ0v) is 22.7. The Labute approximate surface area is 247 Å². The van der Waals surface area contributed by atoms with Crippen LogP contribution in [0.2, 0.25) is 0 Å². The molecule has 0 saturated carbocycles. The number of pyridine rings is 2. The van der Waals surface area contributed by atoms with Gasteiger partial charge in [-0.2, -0.15) is 39.5 Å². The Kier molecular flexibility index (Phi) is 13.7. The average molecular weight is 664 g/mol. The lowest BCUT2D eigenvalue weighted by atomic mass is 9.82. The molecule has 2 aliphatic rings. The molecule has 2 saturated heterocycles. The van der Waals surface area contributed by atoms with Crippen LogP contribution in [0.4, 0.5) is 39.5 Å². The second-order valence-corrected chi connectivity index (χ2v) is 9.31. The molecule has 4 heterocycles. The second-order valence-electron chi connectivity index (χ2n) is 9.31. The third kappa shape index (κ3) is 13.8. The maximum absolute atomic E-state index is 12.5. The first-order chi connectivity index (χ1) is 20.6. The van der Waals surface area contributed by atoms with Gasteiger partial charge in [-0.1, -0.05) is 6.07 Å². The van der Waals surface area contributed by atoms with E-state index in [1.54, 1.807) is 12.4 Å². The van der Waals surface area contributed by atoms with Gasteiger partial charge in [0.1, 0.15) is 0 Å². The molecular formula is C25H25F9N4O7. The quantitative estimate of drug-likeness (QED) is 0.352. The highest BCUT2D eigenvalue weighted by Crippen LogP contribution is 2.39. The molecule has 4 N–H and O–H groups in total. The third-order valence-corrected chi connectivity index (χ3v) is 6.06. The molecule has 0 radical (unpaired) electrons. The molecule has 0 aliphatic carbocycles. The molecule has 0 bridgehead atoms. The molecule has 250 valence electrons. The number of halogens is 9. The number of amides is 1. The summed E-state index contributed by atoms with van der Waals surface area (Å²) in [6, 6.07) is 9.96. The number of carbonyl (C=O) groups is 4. The van der Waals surface area contributed by atoms with Crippen molar-refractivity contribution in [3.63, 3.8) is 0 Å². The van der Waals surface area contributed by atoms with Gasteiger partial charge in [-0.15, -0.1) is 0 Å². The van der Waals surface area contributed by atoms with Crippen LogP contribution in [0.25, 0.3) is 0 Å². The van der Waals surface area contributed by atoms with Gasteiger partial charge in [0.2, 0.25) is 5.91 Å². The molecule has 4 rings (SSSR count). The molecule has 0 aromatic carbocycles. The van der Waals surface area contributed by atoms with E-state index >= 15 is 0 Å². The number of carboxylic acid groups (broad SMARTS) is 3. The predicted octanol–water partition coefficient (Wildman–Crippen LogP) is 4.01. The fourth-order valence-corrected chi connectivity index (χ4v) is 3.94. The second kappa shape index (κ2) is 16.0. The Morgan fingerprint density at radius 1 is 0.800 bits per heavy atom. The van der Waals surface area contributed by atoms with Gasteiger partial charge in [0.25, 0.3) is 0 Å². The highest BCUT2D eigenvalue weighted by atomic mass is 19.4. The summed E-state index contributed by atoms with van der Waals surface area (Å²) in [5, 5.41) is 24.7. The van der Waals surface area contributed by atoms with Gasteiger partial charge in [0, 0.05) is 43.8 Å². The van der Waals surface area contributed by atoms with Gasteiger partial charge in [-0.05, 0) is 49.1 Å². The molecule has 1 amide bonds. The monoisotopic (exact) mass is 664 g/mol. The molecule has 1 atom stereocenters. The first-order valence-corrected chi connectivity index (χ1v) is 12.3. The fourth-order valence-electron chi connectivity index (χ4n) is 3.94. The van der Waals surface area contributed by atoms with Crippen molar-refractivity contribution in [3.8, 4) is 0 Å². The van der Waals surface area contributed by atoms with Crippen molar-refractivity contribution < 1.29 is 74.0 Å². The van der Waals surface area contributed by atoms with Gasteiger partial charge in [0.15, 0.2) is 0 Å². The highest BCUT2D eigenvalue weighted by Gasteiger charge is 2.46. The number of carboxylic acids is 3. The molecule has 2 aliphatic heterocycles. The molecule has 1 unspecified atom stereocenters. The molecule has 2 aromatic heterocycles. The van der Waals surface area contributed by atoms with Crippen LogP contribution in [0.15, 0.2) is 48.9 Å². The topological polar surface area (TPSA) is 170 Å². The van der Waals surface area contributed by atoms with Crippen LogP contribution in [0.1, 0.15) is 36.4 Å². The average Bonchev–Trinajstić information content (AvgIpc) is 3.26. The number of aromatic nitrogens is 2. The third-order valence-electron chi connectivity index (χ3n) is 6.06. The van der Waals surface area contributed by atoms with Crippen LogP contribution >= 0.6 is 0 Å². The Hall–Kier alpha value is -4.49. The van der Waals surface area contributed by atoms with Crippen molar-refractivity contribution in [1.82, 2.24) is 20.2 Å². The molecule has 45 heavy (non-hydrogen) atoms. The lowest BCUT2D eigenvalue weighted by Gasteiger charge is -2.39. The lowest BCUT2D eigenvalue weighted by molar-refractivity contribution is -0.193.